The molecule has 0 radical (unpaired) electrons. The van der Waals surface area contributed by atoms with Gasteiger partial charge >= 0.3 is 0 Å². The van der Waals surface area contributed by atoms with Crippen LogP contribution in [0.25, 0.3) is 5.69 Å². The van der Waals surface area contributed by atoms with Crippen LogP contribution in [0, 0.1) is 17.0 Å². The van der Waals surface area contributed by atoms with Crippen LogP contribution in [-0.4, -0.2) is 25.8 Å². The van der Waals surface area contributed by atoms with Gasteiger partial charge in [0.2, 0.25) is 0 Å². The maximum Gasteiger partial charge on any atom is 0.272 e. The van der Waals surface area contributed by atoms with Crippen molar-refractivity contribution in [1.82, 2.24) is 15.0 Å². The fourth-order valence-electron chi connectivity index (χ4n) is 1.62. The van der Waals surface area contributed by atoms with Gasteiger partial charge in [0.15, 0.2) is 0 Å². The normalized spacial score (nSPS) is 10.6. The van der Waals surface area contributed by atoms with Crippen LogP contribution in [0.2, 0.25) is 0 Å². The number of aryl methyl sites for hydroxylation is 2. The fraction of sp³-hybridized carbons (Fsp3) is 0.273. The molecule has 1 aromatic carbocycles. The van der Waals surface area contributed by atoms with Crippen LogP contribution in [0.1, 0.15) is 11.3 Å². The van der Waals surface area contributed by atoms with Crippen molar-refractivity contribution >= 4 is 17.3 Å². The first kappa shape index (κ1) is 12.5. The molecule has 0 amide bonds. The molecule has 0 aliphatic heterocycles. The molecule has 0 N–H and O–H groups in total. The molecule has 0 aliphatic carbocycles. The maximum atomic E-state index is 10.7. The van der Waals surface area contributed by atoms with Crippen molar-refractivity contribution in [3.05, 3.63) is 45.8 Å². The van der Waals surface area contributed by atoms with Crippen LogP contribution in [0.3, 0.4) is 0 Å². The van der Waals surface area contributed by atoms with Gasteiger partial charge in [-0.1, -0.05) is 5.21 Å². The van der Waals surface area contributed by atoms with Crippen LogP contribution in [-0.2, 0) is 6.42 Å². The number of hydrogen-bond acceptors (Lipinski definition) is 4. The second-order valence-corrected chi connectivity index (χ2v) is 4.20. The molecule has 0 fully saturated rings. The van der Waals surface area contributed by atoms with Gasteiger partial charge in [0.1, 0.15) is 0 Å². The SMILES string of the molecule is Cc1cc(-n2cc(CCCl)nn2)ccc1[N+](=O)[O-]. The zero-order chi connectivity index (χ0) is 13.1. The Balaban J connectivity index is 2.33. The zero-order valence-corrected chi connectivity index (χ0v) is 10.5. The fourth-order valence-corrected chi connectivity index (χ4v) is 1.82. The molecule has 7 heteroatoms. The molecular formula is C11H11ClN4O2. The van der Waals surface area contributed by atoms with Crippen LogP contribution in [0.4, 0.5) is 5.69 Å². The molecule has 0 unspecified atom stereocenters. The van der Waals surface area contributed by atoms with Gasteiger partial charge in [0.25, 0.3) is 5.69 Å². The van der Waals surface area contributed by atoms with Crippen molar-refractivity contribution in [2.45, 2.75) is 13.3 Å². The van der Waals surface area contributed by atoms with Gasteiger partial charge in [0.05, 0.1) is 22.5 Å². The standard InChI is InChI=1S/C11H11ClN4O2/c1-8-6-10(2-3-11(8)16(17)18)15-7-9(4-5-12)13-14-15/h2-3,6-7H,4-5H2,1H3. The summed E-state index contributed by atoms with van der Waals surface area (Å²) in [6.45, 7) is 1.69. The van der Waals surface area contributed by atoms with E-state index in [2.05, 4.69) is 10.3 Å². The van der Waals surface area contributed by atoms with Crippen LogP contribution >= 0.6 is 11.6 Å². The van der Waals surface area contributed by atoms with Crippen molar-refractivity contribution in [1.29, 1.82) is 0 Å². The largest absolute Gasteiger partial charge is 0.272 e. The van der Waals surface area contributed by atoms with Crippen molar-refractivity contribution < 1.29 is 4.92 Å². The smallest absolute Gasteiger partial charge is 0.258 e. The summed E-state index contributed by atoms with van der Waals surface area (Å²) in [6.07, 6.45) is 2.41. The van der Waals surface area contributed by atoms with Crippen LogP contribution in [0.5, 0.6) is 0 Å². The van der Waals surface area contributed by atoms with Gasteiger partial charge in [-0.2, -0.15) is 0 Å². The van der Waals surface area contributed by atoms with Crippen LogP contribution < -0.4 is 0 Å². The first-order valence-electron chi connectivity index (χ1n) is 5.34. The highest BCUT2D eigenvalue weighted by Gasteiger charge is 2.11. The van der Waals surface area contributed by atoms with E-state index < -0.39 is 4.92 Å². The van der Waals surface area contributed by atoms with E-state index in [0.29, 0.717) is 17.9 Å². The van der Waals surface area contributed by atoms with Crippen molar-refractivity contribution in [3.63, 3.8) is 0 Å². The van der Waals surface area contributed by atoms with Gasteiger partial charge in [-0.25, -0.2) is 4.68 Å². The minimum absolute atomic E-state index is 0.0971. The summed E-state index contributed by atoms with van der Waals surface area (Å²) in [5.41, 5.74) is 2.22. The van der Waals surface area contributed by atoms with E-state index in [4.69, 9.17) is 11.6 Å². The Morgan fingerprint density at radius 3 is 2.89 bits per heavy atom. The highest BCUT2D eigenvalue weighted by Crippen LogP contribution is 2.20. The lowest BCUT2D eigenvalue weighted by Crippen LogP contribution is -1.98. The first-order valence-corrected chi connectivity index (χ1v) is 5.88. The van der Waals surface area contributed by atoms with Gasteiger partial charge in [0, 0.05) is 23.9 Å². The molecule has 0 bridgehead atoms. The number of alkyl halides is 1. The zero-order valence-electron chi connectivity index (χ0n) is 9.71. The van der Waals surface area contributed by atoms with E-state index in [1.54, 1.807) is 29.9 Å². The Labute approximate surface area is 108 Å². The molecule has 1 heterocycles. The number of nitrogens with zero attached hydrogens (tertiary/aromatic N) is 4. The Hall–Kier alpha value is -1.95. The molecule has 0 atom stereocenters. The minimum Gasteiger partial charge on any atom is -0.258 e. The number of rotatable bonds is 4. The summed E-state index contributed by atoms with van der Waals surface area (Å²) in [4.78, 5) is 10.3. The number of nitro groups is 1. The predicted molar refractivity (Wildman–Crippen MR) is 67.2 cm³/mol. The molecule has 0 aliphatic rings. The average molecular weight is 267 g/mol. The van der Waals surface area contributed by atoms with Gasteiger partial charge in [-0.3, -0.25) is 10.1 Å². The van der Waals surface area contributed by atoms with E-state index in [0.717, 1.165) is 11.4 Å². The molecule has 18 heavy (non-hydrogen) atoms. The molecule has 0 saturated carbocycles. The third-order valence-corrected chi connectivity index (χ3v) is 2.72. The van der Waals surface area contributed by atoms with E-state index in [9.17, 15) is 10.1 Å². The molecule has 2 rings (SSSR count). The average Bonchev–Trinajstić information content (AvgIpc) is 2.77. The summed E-state index contributed by atoms with van der Waals surface area (Å²) in [6, 6.07) is 4.81. The second-order valence-electron chi connectivity index (χ2n) is 3.82. The van der Waals surface area contributed by atoms with E-state index in [1.807, 2.05) is 0 Å². The highest BCUT2D eigenvalue weighted by molar-refractivity contribution is 6.17. The summed E-state index contributed by atoms with van der Waals surface area (Å²) in [5.74, 6) is 0.484. The molecule has 1 aromatic heterocycles. The number of aromatic nitrogens is 3. The minimum atomic E-state index is -0.403. The monoisotopic (exact) mass is 266 g/mol. The van der Waals surface area contributed by atoms with E-state index in [-0.39, 0.29) is 5.69 Å². The van der Waals surface area contributed by atoms with E-state index in [1.165, 1.54) is 6.07 Å². The summed E-state index contributed by atoms with van der Waals surface area (Å²) in [7, 11) is 0. The predicted octanol–water partition coefficient (Wildman–Crippen LogP) is 2.27. The van der Waals surface area contributed by atoms with E-state index >= 15 is 0 Å². The number of hydrogen-bond donors (Lipinski definition) is 0. The van der Waals surface area contributed by atoms with Gasteiger partial charge in [-0.15, -0.1) is 16.7 Å². The number of benzene rings is 1. The second kappa shape index (κ2) is 5.14. The van der Waals surface area contributed by atoms with Crippen molar-refractivity contribution in [3.8, 4) is 5.69 Å². The Bertz CT molecular complexity index is 582. The van der Waals surface area contributed by atoms with Crippen LogP contribution in [0.15, 0.2) is 24.4 Å². The Kier molecular flexibility index (Phi) is 3.57. The number of nitro benzene ring substituents is 1. The maximum absolute atomic E-state index is 10.7. The van der Waals surface area contributed by atoms with Gasteiger partial charge in [-0.05, 0) is 19.1 Å². The summed E-state index contributed by atoms with van der Waals surface area (Å²) >= 11 is 5.62. The third-order valence-electron chi connectivity index (χ3n) is 2.53. The summed E-state index contributed by atoms with van der Waals surface area (Å²) < 4.78 is 1.58. The quantitative estimate of drug-likeness (QED) is 0.483. The third kappa shape index (κ3) is 2.48. The Morgan fingerprint density at radius 2 is 2.28 bits per heavy atom. The lowest BCUT2D eigenvalue weighted by molar-refractivity contribution is -0.385. The number of halogens is 1. The van der Waals surface area contributed by atoms with Crippen molar-refractivity contribution in [2.75, 3.05) is 5.88 Å². The summed E-state index contributed by atoms with van der Waals surface area (Å²) in [5, 5.41) is 18.6. The molecule has 2 aromatic rings. The molecule has 0 saturated heterocycles. The molecule has 6 nitrogen and oxygen atoms in total. The van der Waals surface area contributed by atoms with Crippen molar-refractivity contribution in [2.24, 2.45) is 0 Å². The molecular weight excluding hydrogens is 256 g/mol. The molecule has 0 spiro atoms. The first-order chi connectivity index (χ1) is 8.61. The van der Waals surface area contributed by atoms with Gasteiger partial charge < -0.3 is 0 Å². The Morgan fingerprint density at radius 1 is 1.50 bits per heavy atom. The molecule has 94 valence electrons. The lowest BCUT2D eigenvalue weighted by Gasteiger charge is -2.02. The topological polar surface area (TPSA) is 73.8 Å². The lowest BCUT2D eigenvalue weighted by atomic mass is 10.2. The highest BCUT2D eigenvalue weighted by atomic mass is 35.5.